The molecule has 0 spiro atoms. The van der Waals surface area contributed by atoms with Crippen LogP contribution in [0.15, 0.2) is 30.3 Å². The molecule has 1 atom stereocenters. The van der Waals surface area contributed by atoms with E-state index in [0.29, 0.717) is 11.5 Å². The van der Waals surface area contributed by atoms with E-state index in [-0.39, 0.29) is 17.5 Å². The normalized spacial score (nSPS) is 16.9. The molecule has 0 aromatic heterocycles. The molecule has 1 unspecified atom stereocenters. The fourth-order valence-electron chi connectivity index (χ4n) is 2.91. The number of rotatable bonds is 3. The molecule has 0 aliphatic carbocycles. The van der Waals surface area contributed by atoms with Crippen LogP contribution in [0.25, 0.3) is 0 Å². The molecule has 0 saturated carbocycles. The Hall–Kier alpha value is -2.40. The standard InChI is InChI=1S/C17H19NO4/c1-21-15-4-3-11(8-16(15)22-2)17-12-9-14(20)13(19)7-10(12)5-6-18-17/h3-4,7-9,17-20H,5-6H2,1-2H3. The summed E-state index contributed by atoms with van der Waals surface area (Å²) in [5.41, 5.74) is 3.02. The molecule has 1 heterocycles. The van der Waals surface area contributed by atoms with E-state index in [1.165, 1.54) is 0 Å². The predicted molar refractivity (Wildman–Crippen MR) is 82.9 cm³/mol. The number of hydrogen-bond acceptors (Lipinski definition) is 5. The van der Waals surface area contributed by atoms with Crippen LogP contribution >= 0.6 is 0 Å². The largest absolute Gasteiger partial charge is 0.504 e. The lowest BCUT2D eigenvalue weighted by Crippen LogP contribution is -2.30. The molecular formula is C17H19NO4. The van der Waals surface area contributed by atoms with Gasteiger partial charge in [-0.25, -0.2) is 0 Å². The van der Waals surface area contributed by atoms with Gasteiger partial charge in [-0.3, -0.25) is 0 Å². The van der Waals surface area contributed by atoms with E-state index in [0.717, 1.165) is 29.7 Å². The van der Waals surface area contributed by atoms with Gasteiger partial charge in [-0.1, -0.05) is 6.07 Å². The minimum absolute atomic E-state index is 0.0601. The molecule has 1 aliphatic rings. The van der Waals surface area contributed by atoms with Crippen LogP contribution in [0, 0.1) is 0 Å². The molecule has 3 rings (SSSR count). The number of hydrogen-bond donors (Lipinski definition) is 3. The minimum Gasteiger partial charge on any atom is -0.504 e. The van der Waals surface area contributed by atoms with Crippen molar-refractivity contribution in [3.63, 3.8) is 0 Å². The summed E-state index contributed by atoms with van der Waals surface area (Å²) in [6.45, 7) is 0.802. The fraction of sp³-hybridized carbons (Fsp3) is 0.294. The molecule has 0 amide bonds. The zero-order valence-corrected chi connectivity index (χ0v) is 12.6. The van der Waals surface area contributed by atoms with E-state index in [9.17, 15) is 10.2 Å². The van der Waals surface area contributed by atoms with Crippen LogP contribution < -0.4 is 14.8 Å². The summed E-state index contributed by atoms with van der Waals surface area (Å²) in [5, 5.41) is 22.9. The number of phenols is 2. The maximum atomic E-state index is 9.80. The van der Waals surface area contributed by atoms with Crippen molar-refractivity contribution < 1.29 is 19.7 Å². The third-order valence-electron chi connectivity index (χ3n) is 4.03. The van der Waals surface area contributed by atoms with Crippen molar-refractivity contribution in [1.29, 1.82) is 0 Å². The lowest BCUT2D eigenvalue weighted by molar-refractivity contribution is 0.354. The molecule has 0 radical (unpaired) electrons. The number of benzene rings is 2. The smallest absolute Gasteiger partial charge is 0.161 e. The number of phenolic OH excluding ortho intramolecular Hbond substituents is 2. The number of ether oxygens (including phenoxy) is 2. The van der Waals surface area contributed by atoms with Crippen LogP contribution in [0.4, 0.5) is 0 Å². The van der Waals surface area contributed by atoms with Crippen molar-refractivity contribution in [2.24, 2.45) is 0 Å². The maximum absolute atomic E-state index is 9.80. The Balaban J connectivity index is 2.06. The van der Waals surface area contributed by atoms with E-state index in [4.69, 9.17) is 9.47 Å². The van der Waals surface area contributed by atoms with Gasteiger partial charge in [0.05, 0.1) is 20.3 Å². The van der Waals surface area contributed by atoms with Crippen LogP contribution in [0.5, 0.6) is 23.0 Å². The second kappa shape index (κ2) is 5.77. The average Bonchev–Trinajstić information content (AvgIpc) is 2.54. The Morgan fingerprint density at radius 3 is 2.45 bits per heavy atom. The van der Waals surface area contributed by atoms with E-state index < -0.39 is 0 Å². The summed E-state index contributed by atoms with van der Waals surface area (Å²) >= 11 is 0. The van der Waals surface area contributed by atoms with Gasteiger partial charge in [-0.2, -0.15) is 0 Å². The highest BCUT2D eigenvalue weighted by atomic mass is 16.5. The first-order valence-corrected chi connectivity index (χ1v) is 7.14. The van der Waals surface area contributed by atoms with Crippen LogP contribution in [-0.2, 0) is 6.42 Å². The number of aromatic hydroxyl groups is 2. The second-order valence-electron chi connectivity index (χ2n) is 5.29. The van der Waals surface area contributed by atoms with Gasteiger partial charge < -0.3 is 25.0 Å². The summed E-state index contributed by atoms with van der Waals surface area (Å²) < 4.78 is 10.6. The van der Waals surface area contributed by atoms with Crippen LogP contribution in [0.1, 0.15) is 22.7 Å². The first kappa shape index (κ1) is 14.5. The first-order chi connectivity index (χ1) is 10.6. The van der Waals surface area contributed by atoms with Crippen molar-refractivity contribution in [2.75, 3.05) is 20.8 Å². The van der Waals surface area contributed by atoms with Crippen molar-refractivity contribution >= 4 is 0 Å². The Morgan fingerprint density at radius 1 is 1.00 bits per heavy atom. The zero-order valence-electron chi connectivity index (χ0n) is 12.6. The predicted octanol–water partition coefficient (Wildman–Crippen LogP) is 2.35. The van der Waals surface area contributed by atoms with Crippen molar-refractivity contribution in [2.45, 2.75) is 12.5 Å². The maximum Gasteiger partial charge on any atom is 0.161 e. The third-order valence-corrected chi connectivity index (χ3v) is 4.03. The highest BCUT2D eigenvalue weighted by Gasteiger charge is 2.24. The zero-order chi connectivity index (χ0) is 15.7. The monoisotopic (exact) mass is 301 g/mol. The van der Waals surface area contributed by atoms with Gasteiger partial charge in [0.15, 0.2) is 23.0 Å². The van der Waals surface area contributed by atoms with Gasteiger partial charge in [-0.05, 0) is 47.4 Å². The summed E-state index contributed by atoms with van der Waals surface area (Å²) in [5.74, 6) is 1.16. The molecule has 1 aliphatic heterocycles. The highest BCUT2D eigenvalue weighted by molar-refractivity contribution is 5.52. The first-order valence-electron chi connectivity index (χ1n) is 7.14. The molecule has 22 heavy (non-hydrogen) atoms. The number of fused-ring (bicyclic) bond motifs is 1. The molecule has 5 heteroatoms. The summed E-state index contributed by atoms with van der Waals surface area (Å²) in [6.07, 6.45) is 0.812. The van der Waals surface area contributed by atoms with E-state index >= 15 is 0 Å². The molecule has 116 valence electrons. The topological polar surface area (TPSA) is 71.0 Å². The van der Waals surface area contributed by atoms with Gasteiger partial charge >= 0.3 is 0 Å². The fourth-order valence-corrected chi connectivity index (χ4v) is 2.91. The lowest BCUT2D eigenvalue weighted by Gasteiger charge is -2.28. The molecule has 0 bridgehead atoms. The quantitative estimate of drug-likeness (QED) is 0.759. The lowest BCUT2D eigenvalue weighted by atomic mass is 9.89. The molecule has 5 nitrogen and oxygen atoms in total. The molecular weight excluding hydrogens is 282 g/mol. The second-order valence-corrected chi connectivity index (χ2v) is 5.29. The third kappa shape index (κ3) is 2.44. The van der Waals surface area contributed by atoms with Gasteiger partial charge in [0.25, 0.3) is 0 Å². The molecule has 2 aromatic carbocycles. The minimum atomic E-state index is -0.104. The molecule has 3 N–H and O–H groups in total. The Kier molecular flexibility index (Phi) is 3.81. The Morgan fingerprint density at radius 2 is 1.73 bits per heavy atom. The number of methoxy groups -OCH3 is 2. The summed E-state index contributed by atoms with van der Waals surface area (Å²) in [7, 11) is 3.21. The number of nitrogens with one attached hydrogen (secondary N) is 1. The van der Waals surface area contributed by atoms with E-state index in [2.05, 4.69) is 5.32 Å². The van der Waals surface area contributed by atoms with Crippen LogP contribution in [0.3, 0.4) is 0 Å². The van der Waals surface area contributed by atoms with Crippen LogP contribution in [0.2, 0.25) is 0 Å². The Labute approximate surface area is 129 Å². The summed E-state index contributed by atoms with van der Waals surface area (Å²) in [4.78, 5) is 0. The van der Waals surface area contributed by atoms with Crippen molar-refractivity contribution in [3.05, 3.63) is 47.0 Å². The van der Waals surface area contributed by atoms with Gasteiger partial charge in [0.1, 0.15) is 0 Å². The van der Waals surface area contributed by atoms with E-state index in [1.807, 2.05) is 18.2 Å². The molecule has 0 fully saturated rings. The van der Waals surface area contributed by atoms with Gasteiger partial charge in [-0.15, -0.1) is 0 Å². The highest BCUT2D eigenvalue weighted by Crippen LogP contribution is 2.38. The molecule has 2 aromatic rings. The van der Waals surface area contributed by atoms with Crippen molar-refractivity contribution in [3.8, 4) is 23.0 Å². The summed E-state index contributed by atoms with van der Waals surface area (Å²) in [6, 6.07) is 8.96. The van der Waals surface area contributed by atoms with Gasteiger partial charge in [0, 0.05) is 6.54 Å². The van der Waals surface area contributed by atoms with E-state index in [1.54, 1.807) is 26.4 Å². The van der Waals surface area contributed by atoms with Gasteiger partial charge in [0.2, 0.25) is 0 Å². The average molecular weight is 301 g/mol. The molecule has 0 saturated heterocycles. The van der Waals surface area contributed by atoms with Crippen molar-refractivity contribution in [1.82, 2.24) is 5.32 Å². The Bertz CT molecular complexity index is 699. The van der Waals surface area contributed by atoms with Crippen LogP contribution in [-0.4, -0.2) is 31.0 Å². The SMILES string of the molecule is COc1ccc(C2NCCc3cc(O)c(O)cc32)cc1OC.